The van der Waals surface area contributed by atoms with Crippen LogP contribution in [0.5, 0.6) is 0 Å². The number of amides is 2. The van der Waals surface area contributed by atoms with E-state index in [4.69, 9.17) is 11.6 Å². The molecule has 1 N–H and O–H groups in total. The standard InChI is InChI=1S/C16H21ClN4O3/c17-14-10-12(21(23)24)5-6-15(14)18-16(22)20-9-3-4-13(11-20)19-7-1-2-8-19/h5-6,10,13H,1-4,7-9,11H2,(H,18,22). The van der Waals surface area contributed by atoms with Gasteiger partial charge in [0.25, 0.3) is 5.69 Å². The van der Waals surface area contributed by atoms with Crippen molar-refractivity contribution in [2.75, 3.05) is 31.5 Å². The molecule has 0 aliphatic carbocycles. The number of hydrogen-bond acceptors (Lipinski definition) is 4. The summed E-state index contributed by atoms with van der Waals surface area (Å²) in [6, 6.07) is 4.29. The number of likely N-dealkylation sites (tertiary alicyclic amines) is 2. The first-order valence-corrected chi connectivity index (χ1v) is 8.66. The van der Waals surface area contributed by atoms with Gasteiger partial charge in [0.2, 0.25) is 0 Å². The number of nitrogens with zero attached hydrogens (tertiary/aromatic N) is 3. The Kier molecular flexibility index (Phi) is 5.20. The zero-order valence-corrected chi connectivity index (χ0v) is 14.2. The van der Waals surface area contributed by atoms with Crippen LogP contribution in [0.2, 0.25) is 5.02 Å². The van der Waals surface area contributed by atoms with Crippen molar-refractivity contribution in [2.24, 2.45) is 0 Å². The van der Waals surface area contributed by atoms with Crippen LogP contribution in [0.1, 0.15) is 25.7 Å². The fraction of sp³-hybridized carbons (Fsp3) is 0.562. The second-order valence-corrected chi connectivity index (χ2v) is 6.74. The van der Waals surface area contributed by atoms with Crippen molar-refractivity contribution in [3.05, 3.63) is 33.3 Å². The molecular formula is C16H21ClN4O3. The van der Waals surface area contributed by atoms with Crippen LogP contribution in [0, 0.1) is 10.1 Å². The predicted octanol–water partition coefficient (Wildman–Crippen LogP) is 3.34. The van der Waals surface area contributed by atoms with Crippen LogP contribution in [0.4, 0.5) is 16.2 Å². The Balaban J connectivity index is 1.62. The van der Waals surface area contributed by atoms with Crippen LogP contribution in [0.25, 0.3) is 0 Å². The predicted molar refractivity (Wildman–Crippen MR) is 92.5 cm³/mol. The number of anilines is 1. The fourth-order valence-corrected chi connectivity index (χ4v) is 3.68. The lowest BCUT2D eigenvalue weighted by atomic mass is 10.0. The number of carbonyl (C=O) groups excluding carboxylic acids is 1. The van der Waals surface area contributed by atoms with E-state index in [0.29, 0.717) is 11.7 Å². The van der Waals surface area contributed by atoms with Crippen LogP contribution in [0.15, 0.2) is 18.2 Å². The lowest BCUT2D eigenvalue weighted by molar-refractivity contribution is -0.384. The fourth-order valence-electron chi connectivity index (χ4n) is 3.46. The van der Waals surface area contributed by atoms with E-state index >= 15 is 0 Å². The molecule has 24 heavy (non-hydrogen) atoms. The smallest absolute Gasteiger partial charge is 0.321 e. The molecule has 2 fully saturated rings. The van der Waals surface area contributed by atoms with Crippen molar-refractivity contribution in [3.63, 3.8) is 0 Å². The van der Waals surface area contributed by atoms with Gasteiger partial charge in [-0.25, -0.2) is 4.79 Å². The van der Waals surface area contributed by atoms with Crippen LogP contribution < -0.4 is 5.32 Å². The number of carbonyl (C=O) groups is 1. The first kappa shape index (κ1) is 17.0. The maximum atomic E-state index is 12.5. The average Bonchev–Trinajstić information content (AvgIpc) is 3.11. The Morgan fingerprint density at radius 1 is 1.25 bits per heavy atom. The summed E-state index contributed by atoms with van der Waals surface area (Å²) in [6.07, 6.45) is 4.59. The largest absolute Gasteiger partial charge is 0.323 e. The second kappa shape index (κ2) is 7.36. The topological polar surface area (TPSA) is 78.7 Å². The molecule has 1 aromatic rings. The number of rotatable bonds is 3. The van der Waals surface area contributed by atoms with E-state index in [1.807, 2.05) is 4.90 Å². The van der Waals surface area contributed by atoms with E-state index in [2.05, 4.69) is 10.2 Å². The van der Waals surface area contributed by atoms with Gasteiger partial charge < -0.3 is 10.2 Å². The molecule has 2 aliphatic heterocycles. The van der Waals surface area contributed by atoms with E-state index < -0.39 is 4.92 Å². The SMILES string of the molecule is O=C(Nc1ccc([N+](=O)[O-])cc1Cl)N1CCCC(N2CCCC2)C1. The second-order valence-electron chi connectivity index (χ2n) is 6.34. The molecule has 7 nitrogen and oxygen atoms in total. The maximum Gasteiger partial charge on any atom is 0.321 e. The molecule has 0 saturated carbocycles. The minimum atomic E-state index is -0.511. The highest BCUT2D eigenvalue weighted by Crippen LogP contribution is 2.27. The monoisotopic (exact) mass is 352 g/mol. The third-order valence-corrected chi connectivity index (χ3v) is 5.06. The molecule has 0 radical (unpaired) electrons. The van der Waals surface area contributed by atoms with Gasteiger partial charge in [0.05, 0.1) is 15.6 Å². The van der Waals surface area contributed by atoms with Crippen molar-refractivity contribution < 1.29 is 9.72 Å². The summed E-state index contributed by atoms with van der Waals surface area (Å²) in [5.41, 5.74) is 0.306. The van der Waals surface area contributed by atoms with Crippen molar-refractivity contribution in [1.82, 2.24) is 9.80 Å². The molecule has 1 atom stereocenters. The molecule has 0 aromatic heterocycles. The number of piperidine rings is 1. The number of nitro groups is 1. The highest BCUT2D eigenvalue weighted by molar-refractivity contribution is 6.33. The summed E-state index contributed by atoms with van der Waals surface area (Å²) in [7, 11) is 0. The molecule has 0 bridgehead atoms. The third-order valence-electron chi connectivity index (χ3n) is 4.75. The molecule has 2 saturated heterocycles. The lowest BCUT2D eigenvalue weighted by Gasteiger charge is -2.37. The summed E-state index contributed by atoms with van der Waals surface area (Å²) in [4.78, 5) is 27.0. The highest BCUT2D eigenvalue weighted by atomic mass is 35.5. The van der Waals surface area contributed by atoms with Gasteiger partial charge in [-0.05, 0) is 44.8 Å². The van der Waals surface area contributed by atoms with Crippen molar-refractivity contribution in [3.8, 4) is 0 Å². The van der Waals surface area contributed by atoms with E-state index in [1.165, 1.54) is 31.0 Å². The van der Waals surface area contributed by atoms with E-state index in [1.54, 1.807) is 0 Å². The third kappa shape index (κ3) is 3.79. The number of benzene rings is 1. The van der Waals surface area contributed by atoms with Crippen LogP contribution in [-0.2, 0) is 0 Å². The Morgan fingerprint density at radius 2 is 2.00 bits per heavy atom. The zero-order chi connectivity index (χ0) is 17.1. The lowest BCUT2D eigenvalue weighted by Crippen LogP contribution is -2.50. The van der Waals surface area contributed by atoms with E-state index in [9.17, 15) is 14.9 Å². The molecule has 8 heteroatoms. The zero-order valence-electron chi connectivity index (χ0n) is 13.4. The molecule has 3 rings (SSSR count). The van der Waals surface area contributed by atoms with Gasteiger partial charge >= 0.3 is 6.03 Å². The molecule has 1 aromatic carbocycles. The normalized spacial score (nSPS) is 21.7. The minimum absolute atomic E-state index is 0.0925. The quantitative estimate of drug-likeness (QED) is 0.668. The number of hydrogen-bond donors (Lipinski definition) is 1. The van der Waals surface area contributed by atoms with Gasteiger partial charge in [0, 0.05) is 31.3 Å². The number of halogens is 1. The average molecular weight is 353 g/mol. The van der Waals surface area contributed by atoms with Crippen LogP contribution in [0.3, 0.4) is 0 Å². The molecule has 2 aliphatic rings. The van der Waals surface area contributed by atoms with Gasteiger partial charge in [0.1, 0.15) is 0 Å². The Bertz CT molecular complexity index is 634. The summed E-state index contributed by atoms with van der Waals surface area (Å²) in [5, 5.41) is 13.7. The molecule has 0 spiro atoms. The highest BCUT2D eigenvalue weighted by Gasteiger charge is 2.29. The Morgan fingerprint density at radius 3 is 2.67 bits per heavy atom. The van der Waals surface area contributed by atoms with Gasteiger partial charge in [-0.3, -0.25) is 15.0 Å². The number of urea groups is 1. The van der Waals surface area contributed by atoms with Crippen molar-refractivity contribution >= 4 is 29.0 Å². The number of nitro benzene ring substituents is 1. The van der Waals surface area contributed by atoms with Crippen LogP contribution in [-0.4, -0.2) is 53.0 Å². The first-order chi connectivity index (χ1) is 11.5. The maximum absolute atomic E-state index is 12.5. The Labute approximate surface area is 145 Å². The number of non-ortho nitro benzene ring substituents is 1. The molecule has 2 heterocycles. The van der Waals surface area contributed by atoms with Crippen molar-refractivity contribution in [2.45, 2.75) is 31.7 Å². The van der Waals surface area contributed by atoms with Gasteiger partial charge in [0.15, 0.2) is 0 Å². The summed E-state index contributed by atoms with van der Waals surface area (Å²) in [6.45, 7) is 3.68. The summed E-state index contributed by atoms with van der Waals surface area (Å²) < 4.78 is 0. The summed E-state index contributed by atoms with van der Waals surface area (Å²) >= 11 is 6.04. The minimum Gasteiger partial charge on any atom is -0.323 e. The first-order valence-electron chi connectivity index (χ1n) is 8.28. The van der Waals surface area contributed by atoms with Crippen LogP contribution >= 0.6 is 11.6 Å². The van der Waals surface area contributed by atoms with Gasteiger partial charge in [-0.15, -0.1) is 0 Å². The molecule has 2 amide bonds. The van der Waals surface area contributed by atoms with Gasteiger partial charge in [-0.2, -0.15) is 0 Å². The van der Waals surface area contributed by atoms with E-state index in [-0.39, 0.29) is 16.7 Å². The van der Waals surface area contributed by atoms with Crippen molar-refractivity contribution in [1.29, 1.82) is 0 Å². The number of nitrogens with one attached hydrogen (secondary N) is 1. The molecule has 130 valence electrons. The van der Waals surface area contributed by atoms with Gasteiger partial charge in [-0.1, -0.05) is 11.6 Å². The van der Waals surface area contributed by atoms with E-state index in [0.717, 1.165) is 39.0 Å². The Hall–Kier alpha value is -1.86. The molecular weight excluding hydrogens is 332 g/mol. The summed E-state index contributed by atoms with van der Waals surface area (Å²) in [5.74, 6) is 0. The molecule has 1 unspecified atom stereocenters.